The molecule has 3 aromatic rings. The number of rotatable bonds is 4. The summed E-state index contributed by atoms with van der Waals surface area (Å²) in [5.74, 6) is 0.353. The molecule has 0 atom stereocenters. The van der Waals surface area contributed by atoms with Gasteiger partial charge in [-0.3, -0.25) is 0 Å². The Kier molecular flexibility index (Phi) is 3.46. The number of nitrogens with zero attached hydrogens (tertiary/aromatic N) is 2. The summed E-state index contributed by atoms with van der Waals surface area (Å²) in [5, 5.41) is 4.43. The summed E-state index contributed by atoms with van der Waals surface area (Å²) in [6.07, 6.45) is 1.89. The zero-order chi connectivity index (χ0) is 13.8. The van der Waals surface area contributed by atoms with Crippen LogP contribution in [-0.4, -0.2) is 9.78 Å². The quantitative estimate of drug-likeness (QED) is 0.723. The van der Waals surface area contributed by atoms with Crippen LogP contribution in [0.15, 0.2) is 66.9 Å². The molecular formula is C16H13FN2O. The lowest BCUT2D eigenvalue weighted by atomic mass is 10.3. The van der Waals surface area contributed by atoms with Crippen molar-refractivity contribution in [1.82, 2.24) is 9.78 Å². The molecular weight excluding hydrogens is 255 g/mol. The van der Waals surface area contributed by atoms with E-state index in [-0.39, 0.29) is 5.82 Å². The molecule has 2 aromatic carbocycles. The zero-order valence-electron chi connectivity index (χ0n) is 10.7. The van der Waals surface area contributed by atoms with Gasteiger partial charge < -0.3 is 4.74 Å². The molecule has 4 heteroatoms. The van der Waals surface area contributed by atoms with E-state index in [2.05, 4.69) is 5.10 Å². The standard InChI is InChI=1S/C16H13FN2O/c17-13-6-8-16(9-7-13)20-12-14-10-11-19(18-14)15-4-2-1-3-5-15/h1-11H,12H2. The summed E-state index contributed by atoms with van der Waals surface area (Å²) in [6, 6.07) is 17.7. The minimum absolute atomic E-state index is 0.272. The van der Waals surface area contributed by atoms with E-state index in [9.17, 15) is 4.39 Å². The summed E-state index contributed by atoms with van der Waals surface area (Å²) < 4.78 is 20.1. The van der Waals surface area contributed by atoms with E-state index in [0.29, 0.717) is 12.4 Å². The van der Waals surface area contributed by atoms with Gasteiger partial charge in [0.05, 0.1) is 5.69 Å². The number of benzene rings is 2. The van der Waals surface area contributed by atoms with Gasteiger partial charge in [0, 0.05) is 6.20 Å². The zero-order valence-corrected chi connectivity index (χ0v) is 10.7. The summed E-state index contributed by atoms with van der Waals surface area (Å²) in [7, 11) is 0. The van der Waals surface area contributed by atoms with Gasteiger partial charge in [-0.25, -0.2) is 9.07 Å². The maximum atomic E-state index is 12.8. The molecule has 1 heterocycles. The van der Waals surface area contributed by atoms with E-state index < -0.39 is 0 Å². The number of ether oxygens (including phenoxy) is 1. The minimum atomic E-state index is -0.272. The number of halogens is 1. The smallest absolute Gasteiger partial charge is 0.132 e. The van der Waals surface area contributed by atoms with Gasteiger partial charge in [-0.15, -0.1) is 0 Å². The average Bonchev–Trinajstić information content (AvgIpc) is 2.97. The van der Waals surface area contributed by atoms with Crippen LogP contribution in [0.4, 0.5) is 4.39 Å². The highest BCUT2D eigenvalue weighted by Gasteiger charge is 2.02. The molecule has 3 rings (SSSR count). The molecule has 0 aliphatic heterocycles. The Morgan fingerprint density at radius 2 is 1.70 bits per heavy atom. The van der Waals surface area contributed by atoms with Crippen molar-refractivity contribution in [1.29, 1.82) is 0 Å². The Hall–Kier alpha value is -2.62. The van der Waals surface area contributed by atoms with Crippen LogP contribution in [0, 0.1) is 5.82 Å². The first-order valence-corrected chi connectivity index (χ1v) is 6.29. The first-order chi connectivity index (χ1) is 9.81. The van der Waals surface area contributed by atoms with Crippen molar-refractivity contribution in [2.75, 3.05) is 0 Å². The second-order valence-corrected chi connectivity index (χ2v) is 4.33. The van der Waals surface area contributed by atoms with Crippen LogP contribution in [0.25, 0.3) is 5.69 Å². The van der Waals surface area contributed by atoms with E-state index in [1.54, 1.807) is 16.8 Å². The summed E-state index contributed by atoms with van der Waals surface area (Å²) in [6.45, 7) is 0.353. The van der Waals surface area contributed by atoms with Crippen LogP contribution in [0.2, 0.25) is 0 Å². The SMILES string of the molecule is Fc1ccc(OCc2ccn(-c3ccccc3)n2)cc1. The molecule has 0 aliphatic rings. The maximum absolute atomic E-state index is 12.8. The van der Waals surface area contributed by atoms with Crippen molar-refractivity contribution in [2.45, 2.75) is 6.61 Å². The fourth-order valence-corrected chi connectivity index (χ4v) is 1.85. The van der Waals surface area contributed by atoms with Crippen LogP contribution < -0.4 is 4.74 Å². The molecule has 0 amide bonds. The monoisotopic (exact) mass is 268 g/mol. The third-order valence-electron chi connectivity index (χ3n) is 2.87. The van der Waals surface area contributed by atoms with Gasteiger partial charge in [0.1, 0.15) is 23.9 Å². The second-order valence-electron chi connectivity index (χ2n) is 4.33. The second kappa shape index (κ2) is 5.57. The van der Waals surface area contributed by atoms with Crippen molar-refractivity contribution >= 4 is 0 Å². The molecule has 100 valence electrons. The highest BCUT2D eigenvalue weighted by molar-refractivity contribution is 5.30. The molecule has 3 nitrogen and oxygen atoms in total. The van der Waals surface area contributed by atoms with Gasteiger partial charge in [-0.1, -0.05) is 18.2 Å². The van der Waals surface area contributed by atoms with Crippen molar-refractivity contribution in [3.05, 3.63) is 78.4 Å². The topological polar surface area (TPSA) is 27.1 Å². The van der Waals surface area contributed by atoms with Crippen LogP contribution in [0.3, 0.4) is 0 Å². The molecule has 0 saturated carbocycles. The van der Waals surface area contributed by atoms with Gasteiger partial charge in [-0.2, -0.15) is 5.10 Å². The first kappa shape index (κ1) is 12.4. The molecule has 20 heavy (non-hydrogen) atoms. The lowest BCUT2D eigenvalue weighted by molar-refractivity contribution is 0.300. The summed E-state index contributed by atoms with van der Waals surface area (Å²) in [5.41, 5.74) is 1.82. The van der Waals surface area contributed by atoms with Gasteiger partial charge in [0.15, 0.2) is 0 Å². The largest absolute Gasteiger partial charge is 0.487 e. The van der Waals surface area contributed by atoms with Crippen molar-refractivity contribution in [3.63, 3.8) is 0 Å². The van der Waals surface area contributed by atoms with E-state index in [0.717, 1.165) is 11.4 Å². The molecule has 0 radical (unpaired) electrons. The Morgan fingerprint density at radius 3 is 2.45 bits per heavy atom. The maximum Gasteiger partial charge on any atom is 0.132 e. The van der Waals surface area contributed by atoms with E-state index in [1.807, 2.05) is 42.6 Å². The average molecular weight is 268 g/mol. The van der Waals surface area contributed by atoms with Crippen LogP contribution in [0.1, 0.15) is 5.69 Å². The predicted molar refractivity (Wildman–Crippen MR) is 74.3 cm³/mol. The number of hydrogen-bond donors (Lipinski definition) is 0. The highest BCUT2D eigenvalue weighted by atomic mass is 19.1. The van der Waals surface area contributed by atoms with Gasteiger partial charge in [-0.05, 0) is 42.5 Å². The Balaban J connectivity index is 1.67. The summed E-state index contributed by atoms with van der Waals surface area (Å²) >= 11 is 0. The van der Waals surface area contributed by atoms with Crippen molar-refractivity contribution in [2.24, 2.45) is 0 Å². The Morgan fingerprint density at radius 1 is 0.950 bits per heavy atom. The normalized spacial score (nSPS) is 10.4. The fourth-order valence-electron chi connectivity index (χ4n) is 1.85. The third-order valence-corrected chi connectivity index (χ3v) is 2.87. The molecule has 0 N–H and O–H groups in total. The van der Waals surface area contributed by atoms with E-state index in [1.165, 1.54) is 12.1 Å². The molecule has 0 saturated heterocycles. The van der Waals surface area contributed by atoms with Crippen LogP contribution in [-0.2, 0) is 6.61 Å². The van der Waals surface area contributed by atoms with E-state index >= 15 is 0 Å². The lowest BCUT2D eigenvalue weighted by Crippen LogP contribution is -1.99. The minimum Gasteiger partial charge on any atom is -0.487 e. The third kappa shape index (κ3) is 2.85. The predicted octanol–water partition coefficient (Wildman–Crippen LogP) is 3.59. The first-order valence-electron chi connectivity index (χ1n) is 6.29. The van der Waals surface area contributed by atoms with Crippen molar-refractivity contribution < 1.29 is 9.13 Å². The Bertz CT molecular complexity index is 677. The van der Waals surface area contributed by atoms with E-state index in [4.69, 9.17) is 4.74 Å². The molecule has 0 aliphatic carbocycles. The number of aromatic nitrogens is 2. The number of hydrogen-bond acceptors (Lipinski definition) is 2. The fraction of sp³-hybridized carbons (Fsp3) is 0.0625. The molecule has 0 bridgehead atoms. The molecule has 0 fully saturated rings. The summed E-state index contributed by atoms with van der Waals surface area (Å²) in [4.78, 5) is 0. The van der Waals surface area contributed by atoms with Gasteiger partial charge >= 0.3 is 0 Å². The van der Waals surface area contributed by atoms with Crippen molar-refractivity contribution in [3.8, 4) is 11.4 Å². The van der Waals surface area contributed by atoms with Gasteiger partial charge in [0.2, 0.25) is 0 Å². The molecule has 0 spiro atoms. The molecule has 1 aromatic heterocycles. The lowest BCUT2D eigenvalue weighted by Gasteiger charge is -2.04. The van der Waals surface area contributed by atoms with Gasteiger partial charge in [0.25, 0.3) is 0 Å². The number of para-hydroxylation sites is 1. The highest BCUT2D eigenvalue weighted by Crippen LogP contribution is 2.13. The Labute approximate surface area is 116 Å². The molecule has 0 unspecified atom stereocenters. The van der Waals surface area contributed by atoms with Crippen LogP contribution >= 0.6 is 0 Å². The van der Waals surface area contributed by atoms with Crippen LogP contribution in [0.5, 0.6) is 5.75 Å².